The van der Waals surface area contributed by atoms with Crippen molar-refractivity contribution < 1.29 is 14.3 Å². The molecule has 0 aromatic carbocycles. The minimum absolute atomic E-state index is 0.0313. The van der Waals surface area contributed by atoms with E-state index in [-0.39, 0.29) is 48.5 Å². The molecule has 9 nitrogen and oxygen atoms in total. The summed E-state index contributed by atoms with van der Waals surface area (Å²) in [5.74, 6) is 0.440. The molecule has 5 heterocycles. The smallest absolute Gasteiger partial charge is 0.320 e. The van der Waals surface area contributed by atoms with E-state index in [0.29, 0.717) is 12.5 Å². The van der Waals surface area contributed by atoms with E-state index in [0.717, 1.165) is 38.8 Å². The molecule has 29 heavy (non-hydrogen) atoms. The molecule has 0 saturated carbocycles. The second kappa shape index (κ2) is 7.08. The summed E-state index contributed by atoms with van der Waals surface area (Å²) >= 11 is 0. The van der Waals surface area contributed by atoms with Gasteiger partial charge in [-0.25, -0.2) is 4.79 Å². The summed E-state index contributed by atoms with van der Waals surface area (Å²) in [6.07, 6.45) is 3.24. The number of nitrogens with zero attached hydrogens (tertiary/aromatic N) is 2. The summed E-state index contributed by atoms with van der Waals surface area (Å²) in [4.78, 5) is 30.1. The highest BCUT2D eigenvalue weighted by Gasteiger charge is 2.54. The van der Waals surface area contributed by atoms with Crippen molar-refractivity contribution in [2.24, 2.45) is 11.8 Å². The molecule has 6 unspecified atom stereocenters. The van der Waals surface area contributed by atoms with Crippen LogP contribution in [0.1, 0.15) is 46.5 Å². The van der Waals surface area contributed by atoms with Crippen molar-refractivity contribution in [2.45, 2.75) is 82.8 Å². The first kappa shape index (κ1) is 19.5. The van der Waals surface area contributed by atoms with Gasteiger partial charge in [0.25, 0.3) is 0 Å². The van der Waals surface area contributed by atoms with Crippen LogP contribution in [0.25, 0.3) is 0 Å². The predicted octanol–water partition coefficient (Wildman–Crippen LogP) is -0.0557. The van der Waals surface area contributed by atoms with E-state index in [1.807, 2.05) is 4.90 Å². The van der Waals surface area contributed by atoms with Crippen LogP contribution in [-0.2, 0) is 9.53 Å². The van der Waals surface area contributed by atoms with Gasteiger partial charge in [0.15, 0.2) is 0 Å². The summed E-state index contributed by atoms with van der Waals surface area (Å²) in [6.45, 7) is 8.79. The monoisotopic (exact) mass is 406 g/mol. The van der Waals surface area contributed by atoms with Crippen LogP contribution in [0.3, 0.4) is 0 Å². The van der Waals surface area contributed by atoms with Gasteiger partial charge in [0.2, 0.25) is 5.91 Å². The number of urea groups is 1. The van der Waals surface area contributed by atoms with Crippen LogP contribution in [0, 0.1) is 11.8 Å². The lowest BCUT2D eigenvalue weighted by Crippen LogP contribution is -2.76. The molecule has 0 radical (unpaired) electrons. The first-order valence-electron chi connectivity index (χ1n) is 11.1. The molecular formula is C20H34N6O3. The molecule has 5 aliphatic rings. The Morgan fingerprint density at radius 1 is 1.14 bits per heavy atom. The third-order valence-electron chi connectivity index (χ3n) is 7.46. The molecule has 9 heteroatoms. The number of carbonyl (C=O) groups excluding carboxylic acids is 2. The summed E-state index contributed by atoms with van der Waals surface area (Å²) in [5, 5.41) is 13.5. The van der Waals surface area contributed by atoms with Gasteiger partial charge in [0, 0.05) is 13.2 Å². The van der Waals surface area contributed by atoms with Gasteiger partial charge >= 0.3 is 6.03 Å². The molecule has 162 valence electrons. The molecule has 7 atom stereocenters. The van der Waals surface area contributed by atoms with Crippen LogP contribution in [0.15, 0.2) is 0 Å². The number of rotatable bonds is 0. The van der Waals surface area contributed by atoms with Crippen molar-refractivity contribution in [1.29, 1.82) is 0 Å². The van der Waals surface area contributed by atoms with Gasteiger partial charge in [-0.2, -0.15) is 0 Å². The molecule has 2 bridgehead atoms. The minimum Gasteiger partial charge on any atom is -0.376 e. The van der Waals surface area contributed by atoms with Gasteiger partial charge in [-0.1, -0.05) is 6.92 Å². The van der Waals surface area contributed by atoms with Crippen LogP contribution in [0.5, 0.6) is 0 Å². The third-order valence-corrected chi connectivity index (χ3v) is 7.46. The molecule has 5 aliphatic heterocycles. The number of amides is 3. The van der Waals surface area contributed by atoms with Crippen LogP contribution in [0.4, 0.5) is 4.79 Å². The number of nitrogens with one attached hydrogen (secondary N) is 4. The van der Waals surface area contributed by atoms with Crippen molar-refractivity contribution >= 4 is 11.9 Å². The number of fused-ring (bicyclic) bond motifs is 2. The average Bonchev–Trinajstić information content (AvgIpc) is 3.00. The van der Waals surface area contributed by atoms with E-state index in [1.54, 1.807) is 0 Å². The lowest BCUT2D eigenvalue weighted by Gasteiger charge is -2.55. The van der Waals surface area contributed by atoms with Crippen LogP contribution in [-0.4, -0.2) is 77.7 Å². The Kier molecular flexibility index (Phi) is 4.77. The summed E-state index contributed by atoms with van der Waals surface area (Å²) in [7, 11) is 0. The Labute approximate surface area is 172 Å². The number of piperidine rings is 2. The normalized spacial score (nSPS) is 44.8. The van der Waals surface area contributed by atoms with Crippen LogP contribution >= 0.6 is 0 Å². The van der Waals surface area contributed by atoms with Crippen LogP contribution in [0.2, 0.25) is 0 Å². The van der Waals surface area contributed by atoms with Crippen molar-refractivity contribution in [1.82, 2.24) is 31.1 Å². The Bertz CT molecular complexity index is 687. The van der Waals surface area contributed by atoms with E-state index < -0.39 is 5.66 Å². The van der Waals surface area contributed by atoms with Gasteiger partial charge in [0.1, 0.15) is 6.17 Å². The number of hydrogen-bond donors (Lipinski definition) is 4. The summed E-state index contributed by atoms with van der Waals surface area (Å²) in [5.41, 5.74) is -0.428. The predicted molar refractivity (Wildman–Crippen MR) is 106 cm³/mol. The summed E-state index contributed by atoms with van der Waals surface area (Å²) in [6, 6.07) is -0.0778. The maximum Gasteiger partial charge on any atom is 0.320 e. The number of carbonyl (C=O) groups is 2. The fourth-order valence-corrected chi connectivity index (χ4v) is 5.89. The first-order valence-corrected chi connectivity index (χ1v) is 11.1. The Hall–Kier alpha value is -1.42. The van der Waals surface area contributed by atoms with Gasteiger partial charge in [-0.05, 0) is 52.0 Å². The average molecular weight is 407 g/mol. The zero-order valence-electron chi connectivity index (χ0n) is 17.6. The fourth-order valence-electron chi connectivity index (χ4n) is 5.89. The van der Waals surface area contributed by atoms with E-state index in [9.17, 15) is 9.59 Å². The number of hydrogen-bond acceptors (Lipinski definition) is 6. The molecule has 5 rings (SSSR count). The quantitative estimate of drug-likeness (QED) is 0.450. The van der Waals surface area contributed by atoms with E-state index in [1.165, 1.54) is 0 Å². The summed E-state index contributed by atoms with van der Waals surface area (Å²) < 4.78 is 6.38. The maximum atomic E-state index is 13.0. The highest BCUT2D eigenvalue weighted by atomic mass is 16.5. The third kappa shape index (κ3) is 3.22. The van der Waals surface area contributed by atoms with Crippen molar-refractivity contribution in [3.8, 4) is 0 Å². The van der Waals surface area contributed by atoms with Crippen molar-refractivity contribution in [2.75, 3.05) is 19.7 Å². The van der Waals surface area contributed by atoms with Crippen molar-refractivity contribution in [3.63, 3.8) is 0 Å². The minimum atomic E-state index is -0.428. The van der Waals surface area contributed by atoms with Crippen LogP contribution < -0.4 is 21.3 Å². The molecule has 4 N–H and O–H groups in total. The second-order valence-electron chi connectivity index (χ2n) is 9.89. The first-order chi connectivity index (χ1) is 13.8. The van der Waals surface area contributed by atoms with E-state index >= 15 is 0 Å². The fraction of sp³-hybridized carbons (Fsp3) is 0.900. The number of ether oxygens (including phenoxy) is 1. The lowest BCUT2D eigenvalue weighted by atomic mass is 9.86. The van der Waals surface area contributed by atoms with Gasteiger partial charge in [-0.15, -0.1) is 0 Å². The zero-order chi connectivity index (χ0) is 20.3. The molecule has 3 amide bonds. The molecule has 0 aromatic rings. The molecule has 0 aromatic heterocycles. The van der Waals surface area contributed by atoms with E-state index in [4.69, 9.17) is 4.74 Å². The molecular weight excluding hydrogens is 372 g/mol. The van der Waals surface area contributed by atoms with E-state index in [2.05, 4.69) is 46.9 Å². The highest BCUT2D eigenvalue weighted by Crippen LogP contribution is 2.36. The standard InChI is InChI=1S/C20H34N6O3/c1-11-7-9-25-17-12(18(27)24-20(25,2)3)4-5-14(22-17)26-15-13(29-10-11)6-8-21-16(15)23-19(26)28/h11-17,21-22H,4-10H2,1-3H3,(H,23,28)(H,24,27)/t11-,12?,13?,14?,15?,16?,17?/m1/s1. The zero-order valence-corrected chi connectivity index (χ0v) is 17.6. The largest absolute Gasteiger partial charge is 0.376 e. The highest BCUT2D eigenvalue weighted by molar-refractivity contribution is 5.81. The Morgan fingerprint density at radius 3 is 2.79 bits per heavy atom. The molecule has 5 fully saturated rings. The molecule has 0 spiro atoms. The topological polar surface area (TPSA) is 98.0 Å². The lowest BCUT2D eigenvalue weighted by molar-refractivity contribution is -0.151. The van der Waals surface area contributed by atoms with Gasteiger partial charge in [0.05, 0.1) is 36.1 Å². The SMILES string of the molecule is C[C@@H]1CCN2C3NC(CCC3C(=O)NC2(C)C)N2C(=O)NC3NCCC(OC1)C32. The van der Waals surface area contributed by atoms with Gasteiger partial charge < -0.3 is 20.3 Å². The Morgan fingerprint density at radius 2 is 1.97 bits per heavy atom. The van der Waals surface area contributed by atoms with Crippen molar-refractivity contribution in [3.05, 3.63) is 0 Å². The molecule has 5 saturated heterocycles. The second-order valence-corrected chi connectivity index (χ2v) is 9.89. The maximum absolute atomic E-state index is 13.0. The molecule has 0 aliphatic carbocycles. The Balaban J connectivity index is 1.50. The van der Waals surface area contributed by atoms with Gasteiger partial charge in [-0.3, -0.25) is 20.3 Å².